The number of amides is 1. The van der Waals surface area contributed by atoms with Gasteiger partial charge >= 0.3 is 5.76 Å². The molecule has 1 aromatic heterocycles. The van der Waals surface area contributed by atoms with E-state index in [1.807, 2.05) is 60.7 Å². The first-order valence-corrected chi connectivity index (χ1v) is 9.68. The average Bonchev–Trinajstić information content (AvgIpc) is 3.10. The molecule has 0 spiro atoms. The van der Waals surface area contributed by atoms with Crippen LogP contribution in [-0.2, 0) is 11.3 Å². The van der Waals surface area contributed by atoms with E-state index in [4.69, 9.17) is 4.42 Å². The fraction of sp³-hybridized carbons (Fsp3) is 0.318. The molecule has 0 radical (unpaired) electrons. The summed E-state index contributed by atoms with van der Waals surface area (Å²) in [5, 5.41) is 4.39. The van der Waals surface area contributed by atoms with Crippen molar-refractivity contribution < 1.29 is 9.21 Å². The molecule has 0 saturated carbocycles. The highest BCUT2D eigenvalue weighted by molar-refractivity contribution is 5.75. The first kappa shape index (κ1) is 18.2. The molecule has 1 amide bonds. The summed E-state index contributed by atoms with van der Waals surface area (Å²) < 4.78 is 6.64. The fourth-order valence-electron chi connectivity index (χ4n) is 3.68. The third kappa shape index (κ3) is 3.91. The average molecular weight is 377 g/mol. The van der Waals surface area contributed by atoms with Gasteiger partial charge in [-0.05, 0) is 30.4 Å². The molecule has 0 unspecified atom stereocenters. The molecule has 6 nitrogen and oxygen atoms in total. The SMILES string of the molecule is O=C(Cn1nc(C(c2ccccc2)c2ccccc2)oc1=O)N1CCCCC1. The van der Waals surface area contributed by atoms with Gasteiger partial charge in [0.1, 0.15) is 6.54 Å². The summed E-state index contributed by atoms with van der Waals surface area (Å²) in [5.41, 5.74) is 1.95. The lowest BCUT2D eigenvalue weighted by Gasteiger charge is -2.26. The fourth-order valence-corrected chi connectivity index (χ4v) is 3.68. The van der Waals surface area contributed by atoms with E-state index in [2.05, 4.69) is 5.10 Å². The maximum atomic E-state index is 12.5. The molecule has 1 aliphatic rings. The smallest absolute Gasteiger partial charge is 0.391 e. The van der Waals surface area contributed by atoms with Crippen molar-refractivity contribution in [2.75, 3.05) is 13.1 Å². The van der Waals surface area contributed by atoms with Crippen LogP contribution in [0.3, 0.4) is 0 Å². The van der Waals surface area contributed by atoms with Crippen LogP contribution >= 0.6 is 0 Å². The number of piperidine rings is 1. The van der Waals surface area contributed by atoms with Gasteiger partial charge in [0.25, 0.3) is 0 Å². The summed E-state index contributed by atoms with van der Waals surface area (Å²) in [7, 11) is 0. The number of rotatable bonds is 5. The zero-order valence-electron chi connectivity index (χ0n) is 15.7. The number of aromatic nitrogens is 2. The van der Waals surface area contributed by atoms with Gasteiger partial charge < -0.3 is 9.32 Å². The van der Waals surface area contributed by atoms with Gasteiger partial charge in [-0.15, -0.1) is 5.10 Å². The normalized spacial score (nSPS) is 14.4. The lowest BCUT2D eigenvalue weighted by Crippen LogP contribution is -2.39. The van der Waals surface area contributed by atoms with Gasteiger partial charge in [0.2, 0.25) is 11.8 Å². The van der Waals surface area contributed by atoms with Gasteiger partial charge in [-0.25, -0.2) is 4.79 Å². The maximum Gasteiger partial charge on any atom is 0.437 e. The van der Waals surface area contributed by atoms with Crippen LogP contribution in [0.5, 0.6) is 0 Å². The van der Waals surface area contributed by atoms with Gasteiger partial charge in [-0.2, -0.15) is 4.68 Å². The minimum atomic E-state index is -0.600. The van der Waals surface area contributed by atoms with Crippen LogP contribution in [0.25, 0.3) is 0 Å². The molecule has 3 aromatic rings. The van der Waals surface area contributed by atoms with Crippen LogP contribution in [0.15, 0.2) is 69.9 Å². The monoisotopic (exact) mass is 377 g/mol. The summed E-state index contributed by atoms with van der Waals surface area (Å²) in [6, 6.07) is 19.6. The zero-order valence-corrected chi connectivity index (χ0v) is 15.7. The number of benzene rings is 2. The van der Waals surface area contributed by atoms with Gasteiger partial charge in [-0.3, -0.25) is 4.79 Å². The summed E-state index contributed by atoms with van der Waals surface area (Å²) in [6.45, 7) is 1.41. The van der Waals surface area contributed by atoms with E-state index < -0.39 is 5.76 Å². The number of likely N-dealkylation sites (tertiary alicyclic amines) is 1. The van der Waals surface area contributed by atoms with E-state index in [-0.39, 0.29) is 18.4 Å². The summed E-state index contributed by atoms with van der Waals surface area (Å²) in [6.07, 6.45) is 3.16. The van der Waals surface area contributed by atoms with Crippen LogP contribution in [-0.4, -0.2) is 33.7 Å². The summed E-state index contributed by atoms with van der Waals surface area (Å²) in [4.78, 5) is 26.7. The second-order valence-electron chi connectivity index (χ2n) is 7.06. The Labute approximate surface area is 163 Å². The standard InChI is InChI=1S/C22H23N3O3/c26-19(24-14-8-3-9-15-24)16-25-22(27)28-21(23-25)20(17-10-4-1-5-11-17)18-12-6-2-7-13-18/h1-2,4-7,10-13,20H,3,8-9,14-16H2. The number of carbonyl (C=O) groups excluding carboxylic acids is 1. The predicted octanol–water partition coefficient (Wildman–Crippen LogP) is 3.03. The Morgan fingerprint density at radius 3 is 2.07 bits per heavy atom. The van der Waals surface area contributed by atoms with Gasteiger partial charge in [0.15, 0.2) is 0 Å². The van der Waals surface area contributed by atoms with E-state index in [0.29, 0.717) is 5.89 Å². The van der Waals surface area contributed by atoms with Crippen LogP contribution in [0, 0.1) is 0 Å². The molecule has 0 N–H and O–H groups in total. The first-order valence-electron chi connectivity index (χ1n) is 9.68. The highest BCUT2D eigenvalue weighted by Crippen LogP contribution is 2.29. The molecule has 1 fully saturated rings. The van der Waals surface area contributed by atoms with Crippen LogP contribution in [0.4, 0.5) is 0 Å². The van der Waals surface area contributed by atoms with E-state index in [1.54, 1.807) is 4.90 Å². The van der Waals surface area contributed by atoms with Crippen LogP contribution in [0.2, 0.25) is 0 Å². The Morgan fingerprint density at radius 2 is 1.50 bits per heavy atom. The maximum absolute atomic E-state index is 12.5. The molecule has 1 aliphatic heterocycles. The summed E-state index contributed by atoms with van der Waals surface area (Å²) in [5.74, 6) is -0.690. The molecule has 0 aliphatic carbocycles. The highest BCUT2D eigenvalue weighted by atomic mass is 16.4. The lowest BCUT2D eigenvalue weighted by atomic mass is 9.91. The molecular weight excluding hydrogens is 354 g/mol. The van der Waals surface area contributed by atoms with Crippen molar-refractivity contribution in [3.63, 3.8) is 0 Å². The molecule has 6 heteroatoms. The Hall–Kier alpha value is -3.15. The highest BCUT2D eigenvalue weighted by Gasteiger charge is 2.25. The molecule has 1 saturated heterocycles. The Bertz CT molecular complexity index is 934. The van der Waals surface area contributed by atoms with Gasteiger partial charge in [0.05, 0.1) is 5.92 Å². The van der Waals surface area contributed by atoms with Crippen molar-refractivity contribution in [1.29, 1.82) is 0 Å². The third-order valence-electron chi connectivity index (χ3n) is 5.13. The molecule has 144 valence electrons. The lowest BCUT2D eigenvalue weighted by molar-refractivity contribution is -0.133. The molecule has 2 aromatic carbocycles. The van der Waals surface area contributed by atoms with Gasteiger partial charge in [0, 0.05) is 13.1 Å². The molecule has 4 rings (SSSR count). The van der Waals surface area contributed by atoms with Crippen molar-refractivity contribution >= 4 is 5.91 Å². The molecule has 2 heterocycles. The minimum Gasteiger partial charge on any atom is -0.391 e. The molecule has 28 heavy (non-hydrogen) atoms. The topological polar surface area (TPSA) is 68.3 Å². The number of carbonyl (C=O) groups is 1. The van der Waals surface area contributed by atoms with Crippen molar-refractivity contribution in [1.82, 2.24) is 14.7 Å². The minimum absolute atomic E-state index is 0.0847. The van der Waals surface area contributed by atoms with Crippen molar-refractivity contribution in [2.24, 2.45) is 0 Å². The summed E-state index contributed by atoms with van der Waals surface area (Å²) >= 11 is 0. The van der Waals surface area contributed by atoms with Crippen molar-refractivity contribution in [2.45, 2.75) is 31.7 Å². The van der Waals surface area contributed by atoms with Crippen LogP contribution in [0.1, 0.15) is 42.2 Å². The van der Waals surface area contributed by atoms with E-state index in [9.17, 15) is 9.59 Å². The largest absolute Gasteiger partial charge is 0.437 e. The van der Waals surface area contributed by atoms with E-state index in [1.165, 1.54) is 0 Å². The molecule has 0 bridgehead atoms. The zero-order chi connectivity index (χ0) is 19.3. The van der Waals surface area contributed by atoms with Crippen LogP contribution < -0.4 is 5.76 Å². The van der Waals surface area contributed by atoms with Crippen molar-refractivity contribution in [3.8, 4) is 0 Å². The second kappa shape index (κ2) is 8.25. The Morgan fingerprint density at radius 1 is 0.929 bits per heavy atom. The third-order valence-corrected chi connectivity index (χ3v) is 5.13. The van der Waals surface area contributed by atoms with Crippen molar-refractivity contribution in [3.05, 3.63) is 88.2 Å². The molecule has 0 atom stereocenters. The number of nitrogens with zero attached hydrogens (tertiary/aromatic N) is 3. The predicted molar refractivity (Wildman–Crippen MR) is 105 cm³/mol. The second-order valence-corrected chi connectivity index (χ2v) is 7.06. The molecular formula is C22H23N3O3. The first-order chi connectivity index (χ1) is 13.7. The van der Waals surface area contributed by atoms with E-state index >= 15 is 0 Å². The quantitative estimate of drug-likeness (QED) is 0.685. The number of hydrogen-bond acceptors (Lipinski definition) is 4. The van der Waals surface area contributed by atoms with Gasteiger partial charge in [-0.1, -0.05) is 60.7 Å². The Kier molecular flexibility index (Phi) is 5.37. The van der Waals surface area contributed by atoms with E-state index in [0.717, 1.165) is 48.2 Å². The number of hydrogen-bond donors (Lipinski definition) is 0. The Balaban J connectivity index is 1.64.